The second-order valence-electron chi connectivity index (χ2n) is 5.00. The van der Waals surface area contributed by atoms with Gasteiger partial charge in [-0.15, -0.1) is 11.3 Å². The molecule has 3 amide bonds. The number of aromatic nitrogens is 1. The van der Waals surface area contributed by atoms with Gasteiger partial charge in [0.2, 0.25) is 0 Å². The summed E-state index contributed by atoms with van der Waals surface area (Å²) in [6, 6.07) is 10.9. The smallest absolute Gasteiger partial charge is 0.331 e. The fourth-order valence-electron chi connectivity index (χ4n) is 2.69. The maximum atomic E-state index is 12.6. The number of amides is 3. The predicted octanol–water partition coefficient (Wildman–Crippen LogP) is 3.34. The lowest BCUT2D eigenvalue weighted by Crippen LogP contribution is -2.34. The second kappa shape index (κ2) is 5.06. The highest BCUT2D eigenvalue weighted by molar-refractivity contribution is 7.21. The minimum Gasteiger partial charge on any atom is -0.354 e. The minimum absolute atomic E-state index is 0.234. The number of benzene rings is 1. The molecule has 23 heavy (non-hydrogen) atoms. The van der Waals surface area contributed by atoms with Crippen LogP contribution in [0.25, 0.3) is 10.2 Å². The number of urea groups is 1. The molecule has 1 aliphatic rings. The Hall–Kier alpha value is -2.93. The summed E-state index contributed by atoms with van der Waals surface area (Å²) in [5.74, 6) is -0.234. The molecule has 2 aromatic heterocycles. The van der Waals surface area contributed by atoms with Crippen molar-refractivity contribution in [2.75, 3.05) is 17.3 Å². The number of hydrogen-bond donors (Lipinski definition) is 2. The van der Waals surface area contributed by atoms with Gasteiger partial charge in [-0.3, -0.25) is 9.69 Å². The largest absolute Gasteiger partial charge is 0.354 e. The Morgan fingerprint density at radius 3 is 2.78 bits per heavy atom. The monoisotopic (exact) mass is 324 g/mol. The second-order valence-corrected chi connectivity index (χ2v) is 6.00. The third-order valence-electron chi connectivity index (χ3n) is 3.69. The normalized spacial score (nSPS) is 13.1. The molecule has 4 rings (SSSR count). The summed E-state index contributed by atoms with van der Waals surface area (Å²) in [7, 11) is 1.56. The zero-order valence-corrected chi connectivity index (χ0v) is 13.0. The standard InChI is InChI=1S/C16H12N4O2S/c1-17-14(21)13-12-11-10(7-8-18-15(11)23-13)20(16(22)19-12)9-5-3-2-4-6-9/h2-8H,1H3,(H,17,21)(H,19,22). The molecule has 0 atom stereocenters. The molecule has 3 heterocycles. The molecular weight excluding hydrogens is 312 g/mol. The molecule has 0 aliphatic carbocycles. The van der Waals surface area contributed by atoms with Crippen LogP contribution in [0, 0.1) is 0 Å². The first-order valence-corrected chi connectivity index (χ1v) is 7.82. The number of anilines is 3. The Morgan fingerprint density at radius 1 is 1.26 bits per heavy atom. The molecule has 0 saturated heterocycles. The summed E-state index contributed by atoms with van der Waals surface area (Å²) < 4.78 is 0. The lowest BCUT2D eigenvalue weighted by molar-refractivity contribution is 0.0968. The Labute approximate surface area is 135 Å². The molecular formula is C16H12N4O2S. The highest BCUT2D eigenvalue weighted by Crippen LogP contribution is 2.45. The van der Waals surface area contributed by atoms with E-state index in [9.17, 15) is 9.59 Å². The van der Waals surface area contributed by atoms with E-state index in [1.165, 1.54) is 11.3 Å². The van der Waals surface area contributed by atoms with Gasteiger partial charge in [-0.2, -0.15) is 0 Å². The van der Waals surface area contributed by atoms with Gasteiger partial charge in [-0.1, -0.05) is 18.2 Å². The van der Waals surface area contributed by atoms with Crippen molar-refractivity contribution >= 4 is 50.6 Å². The summed E-state index contributed by atoms with van der Waals surface area (Å²) in [6.07, 6.45) is 1.65. The van der Waals surface area contributed by atoms with Crippen molar-refractivity contribution < 1.29 is 9.59 Å². The third kappa shape index (κ3) is 1.97. The molecule has 6 nitrogen and oxygen atoms in total. The lowest BCUT2D eigenvalue weighted by Gasteiger charge is -2.28. The number of rotatable bonds is 2. The quantitative estimate of drug-likeness (QED) is 0.759. The molecule has 1 aromatic carbocycles. The van der Waals surface area contributed by atoms with Gasteiger partial charge in [-0.25, -0.2) is 9.78 Å². The van der Waals surface area contributed by atoms with Gasteiger partial charge in [0.15, 0.2) is 0 Å². The maximum absolute atomic E-state index is 12.6. The van der Waals surface area contributed by atoms with E-state index >= 15 is 0 Å². The average molecular weight is 324 g/mol. The SMILES string of the molecule is CNC(=O)c1sc2nccc3c2c1NC(=O)N3c1ccccc1. The Balaban J connectivity index is 1.99. The summed E-state index contributed by atoms with van der Waals surface area (Å²) >= 11 is 1.27. The van der Waals surface area contributed by atoms with Crippen LogP contribution in [0.3, 0.4) is 0 Å². The van der Waals surface area contributed by atoms with E-state index in [2.05, 4.69) is 15.6 Å². The Bertz CT molecular complexity index is 936. The van der Waals surface area contributed by atoms with Gasteiger partial charge in [0.1, 0.15) is 9.71 Å². The van der Waals surface area contributed by atoms with Gasteiger partial charge in [0, 0.05) is 13.2 Å². The van der Waals surface area contributed by atoms with E-state index in [4.69, 9.17) is 0 Å². The summed E-state index contributed by atoms with van der Waals surface area (Å²) in [4.78, 5) is 31.8. The van der Waals surface area contributed by atoms with Crippen LogP contribution >= 0.6 is 11.3 Å². The molecule has 7 heteroatoms. The van der Waals surface area contributed by atoms with E-state index in [0.717, 1.165) is 21.6 Å². The first-order chi connectivity index (χ1) is 11.2. The van der Waals surface area contributed by atoms with Crippen molar-refractivity contribution in [2.45, 2.75) is 0 Å². The van der Waals surface area contributed by atoms with Crippen LogP contribution in [0.5, 0.6) is 0 Å². The Kier molecular flexibility index (Phi) is 3.02. The van der Waals surface area contributed by atoms with Crippen LogP contribution < -0.4 is 15.5 Å². The van der Waals surface area contributed by atoms with Crippen LogP contribution in [0.1, 0.15) is 9.67 Å². The van der Waals surface area contributed by atoms with Crippen LogP contribution in [0.2, 0.25) is 0 Å². The fourth-order valence-corrected chi connectivity index (χ4v) is 3.76. The first kappa shape index (κ1) is 13.7. The van der Waals surface area contributed by atoms with Crippen LogP contribution in [0.15, 0.2) is 42.6 Å². The molecule has 2 N–H and O–H groups in total. The van der Waals surface area contributed by atoms with Gasteiger partial charge < -0.3 is 10.6 Å². The molecule has 3 aromatic rings. The van der Waals surface area contributed by atoms with E-state index in [-0.39, 0.29) is 11.9 Å². The zero-order chi connectivity index (χ0) is 16.0. The van der Waals surface area contributed by atoms with Crippen molar-refractivity contribution in [1.29, 1.82) is 0 Å². The number of para-hydroxylation sites is 1. The average Bonchev–Trinajstić information content (AvgIpc) is 2.95. The molecule has 0 radical (unpaired) electrons. The molecule has 114 valence electrons. The van der Waals surface area contributed by atoms with Crippen molar-refractivity contribution in [3.8, 4) is 0 Å². The number of carbonyl (C=O) groups excluding carboxylic acids is 2. The van der Waals surface area contributed by atoms with Crippen molar-refractivity contribution in [3.63, 3.8) is 0 Å². The molecule has 0 spiro atoms. The third-order valence-corrected chi connectivity index (χ3v) is 4.79. The van der Waals surface area contributed by atoms with Gasteiger partial charge >= 0.3 is 6.03 Å². The van der Waals surface area contributed by atoms with Crippen LogP contribution in [-0.2, 0) is 0 Å². The van der Waals surface area contributed by atoms with Gasteiger partial charge in [0.05, 0.1) is 22.4 Å². The fraction of sp³-hybridized carbons (Fsp3) is 0.0625. The van der Waals surface area contributed by atoms with E-state index in [1.807, 2.05) is 30.3 Å². The van der Waals surface area contributed by atoms with Crippen LogP contribution in [-0.4, -0.2) is 24.0 Å². The topological polar surface area (TPSA) is 74.3 Å². The van der Waals surface area contributed by atoms with Crippen molar-refractivity contribution in [3.05, 3.63) is 47.5 Å². The molecule has 0 bridgehead atoms. The number of hydrogen-bond acceptors (Lipinski definition) is 4. The van der Waals surface area contributed by atoms with E-state index in [1.54, 1.807) is 24.2 Å². The summed E-state index contributed by atoms with van der Waals surface area (Å²) in [5, 5.41) is 6.22. The highest BCUT2D eigenvalue weighted by atomic mass is 32.1. The van der Waals surface area contributed by atoms with E-state index < -0.39 is 0 Å². The lowest BCUT2D eigenvalue weighted by atomic mass is 10.1. The summed E-state index contributed by atoms with van der Waals surface area (Å²) in [6.45, 7) is 0. The number of nitrogens with zero attached hydrogens (tertiary/aromatic N) is 2. The number of nitrogens with one attached hydrogen (secondary N) is 2. The zero-order valence-electron chi connectivity index (χ0n) is 12.2. The first-order valence-electron chi connectivity index (χ1n) is 7.00. The summed E-state index contributed by atoms with van der Waals surface area (Å²) in [5.41, 5.74) is 2.02. The highest BCUT2D eigenvalue weighted by Gasteiger charge is 2.32. The number of thiophene rings is 1. The maximum Gasteiger partial charge on any atom is 0.331 e. The van der Waals surface area contributed by atoms with Crippen LogP contribution in [0.4, 0.5) is 21.9 Å². The molecule has 0 fully saturated rings. The van der Waals surface area contributed by atoms with Gasteiger partial charge in [0.25, 0.3) is 5.91 Å². The van der Waals surface area contributed by atoms with Crippen molar-refractivity contribution in [1.82, 2.24) is 10.3 Å². The number of pyridine rings is 1. The molecule has 0 unspecified atom stereocenters. The molecule has 1 aliphatic heterocycles. The Morgan fingerprint density at radius 2 is 2.04 bits per heavy atom. The molecule has 0 saturated carbocycles. The number of carbonyl (C=O) groups is 2. The predicted molar refractivity (Wildman–Crippen MR) is 90.6 cm³/mol. The minimum atomic E-state index is -0.292. The van der Waals surface area contributed by atoms with Crippen molar-refractivity contribution in [2.24, 2.45) is 0 Å². The van der Waals surface area contributed by atoms with Gasteiger partial charge in [-0.05, 0) is 18.2 Å². The van der Waals surface area contributed by atoms with E-state index in [0.29, 0.717) is 10.6 Å².